The summed E-state index contributed by atoms with van der Waals surface area (Å²) in [6.45, 7) is 2.23. The minimum Gasteiger partial charge on any atom is -0.387 e. The van der Waals surface area contributed by atoms with E-state index in [9.17, 15) is 18.7 Å². The fraction of sp³-hybridized carbons (Fsp3) is 0.278. The number of carbonyl (C=O) groups excluding carboxylic acids is 1. The molecule has 4 nitrogen and oxygen atoms in total. The average Bonchev–Trinajstić information content (AvgIpc) is 2.55. The zero-order chi connectivity index (χ0) is 17.5. The van der Waals surface area contributed by atoms with E-state index >= 15 is 0 Å². The fourth-order valence-electron chi connectivity index (χ4n) is 2.31. The first kappa shape index (κ1) is 17.9. The number of hydrogen-bond donors (Lipinski definition) is 3. The van der Waals surface area contributed by atoms with Crippen molar-refractivity contribution in [2.24, 2.45) is 0 Å². The molecule has 3 N–H and O–H groups in total. The molecule has 0 bridgehead atoms. The Labute approximate surface area is 139 Å². The molecule has 6 heteroatoms. The highest BCUT2D eigenvalue weighted by Crippen LogP contribution is 2.12. The van der Waals surface area contributed by atoms with Crippen molar-refractivity contribution in [2.45, 2.75) is 19.4 Å². The van der Waals surface area contributed by atoms with Crippen LogP contribution in [0.3, 0.4) is 0 Å². The molecule has 1 atom stereocenters. The summed E-state index contributed by atoms with van der Waals surface area (Å²) in [5, 5.41) is 15.2. The van der Waals surface area contributed by atoms with E-state index in [0.717, 1.165) is 11.1 Å². The lowest BCUT2D eigenvalue weighted by Gasteiger charge is -2.13. The van der Waals surface area contributed by atoms with Gasteiger partial charge in [-0.2, -0.15) is 0 Å². The van der Waals surface area contributed by atoms with Crippen LogP contribution in [0.5, 0.6) is 0 Å². The summed E-state index contributed by atoms with van der Waals surface area (Å²) in [6, 6.07) is 9.58. The van der Waals surface area contributed by atoms with Gasteiger partial charge in [0.05, 0.1) is 6.10 Å². The van der Waals surface area contributed by atoms with Crippen LogP contribution in [0, 0.1) is 18.6 Å². The molecule has 2 amide bonds. The van der Waals surface area contributed by atoms with Gasteiger partial charge in [0.25, 0.3) is 0 Å². The molecule has 24 heavy (non-hydrogen) atoms. The number of halogens is 2. The molecule has 0 radical (unpaired) electrons. The Morgan fingerprint density at radius 3 is 2.42 bits per heavy atom. The third-order valence-corrected chi connectivity index (χ3v) is 3.70. The molecule has 2 aromatic carbocycles. The number of aryl methyl sites for hydroxylation is 1. The summed E-state index contributed by atoms with van der Waals surface area (Å²) >= 11 is 0. The van der Waals surface area contributed by atoms with E-state index in [4.69, 9.17) is 0 Å². The van der Waals surface area contributed by atoms with Gasteiger partial charge in [-0.1, -0.05) is 18.2 Å². The number of urea groups is 1. The standard InChI is InChI=1S/C18H20F2N2O2/c1-12-10-16(20)7-2-13(12)8-9-21-18(24)22-11-17(23)14-3-5-15(19)6-4-14/h2-7,10,17,23H,8-9,11H2,1H3,(H2,21,22,24). The van der Waals surface area contributed by atoms with E-state index in [1.807, 2.05) is 6.92 Å². The van der Waals surface area contributed by atoms with Gasteiger partial charge in [-0.3, -0.25) is 0 Å². The number of carbonyl (C=O) groups is 1. The summed E-state index contributed by atoms with van der Waals surface area (Å²) in [5.41, 5.74) is 2.32. The molecule has 0 saturated heterocycles. The molecule has 0 aliphatic rings. The summed E-state index contributed by atoms with van der Waals surface area (Å²) in [4.78, 5) is 11.7. The van der Waals surface area contributed by atoms with Crippen molar-refractivity contribution in [3.05, 3.63) is 70.8 Å². The van der Waals surface area contributed by atoms with E-state index in [0.29, 0.717) is 18.5 Å². The third-order valence-electron chi connectivity index (χ3n) is 3.70. The minimum absolute atomic E-state index is 0.0209. The molecule has 0 spiro atoms. The van der Waals surface area contributed by atoms with Gasteiger partial charge in [-0.05, 0) is 54.3 Å². The zero-order valence-corrected chi connectivity index (χ0v) is 13.4. The molecule has 1 unspecified atom stereocenters. The lowest BCUT2D eigenvalue weighted by atomic mass is 10.1. The highest BCUT2D eigenvalue weighted by Gasteiger charge is 2.09. The van der Waals surface area contributed by atoms with Crippen LogP contribution in [0.4, 0.5) is 13.6 Å². The zero-order valence-electron chi connectivity index (χ0n) is 13.4. The van der Waals surface area contributed by atoms with Crippen LogP contribution >= 0.6 is 0 Å². The van der Waals surface area contributed by atoms with Crippen LogP contribution in [0.15, 0.2) is 42.5 Å². The van der Waals surface area contributed by atoms with Crippen molar-refractivity contribution in [1.82, 2.24) is 10.6 Å². The first-order valence-corrected chi connectivity index (χ1v) is 7.66. The van der Waals surface area contributed by atoms with Crippen LogP contribution in [-0.4, -0.2) is 24.2 Å². The normalized spacial score (nSPS) is 11.8. The van der Waals surface area contributed by atoms with Gasteiger partial charge in [0.15, 0.2) is 0 Å². The van der Waals surface area contributed by atoms with Crippen LogP contribution in [-0.2, 0) is 6.42 Å². The Hall–Kier alpha value is -2.47. The Morgan fingerprint density at radius 2 is 1.75 bits per heavy atom. The van der Waals surface area contributed by atoms with Gasteiger partial charge in [-0.25, -0.2) is 13.6 Å². The number of aliphatic hydroxyl groups is 1. The van der Waals surface area contributed by atoms with Gasteiger partial charge in [0.2, 0.25) is 0 Å². The highest BCUT2D eigenvalue weighted by molar-refractivity contribution is 5.73. The molecule has 0 aliphatic carbocycles. The van der Waals surface area contributed by atoms with Gasteiger partial charge >= 0.3 is 6.03 Å². The molecular weight excluding hydrogens is 314 g/mol. The Morgan fingerprint density at radius 1 is 1.08 bits per heavy atom. The average molecular weight is 334 g/mol. The number of rotatable bonds is 6. The van der Waals surface area contributed by atoms with E-state index in [2.05, 4.69) is 10.6 Å². The fourth-order valence-corrected chi connectivity index (χ4v) is 2.31. The smallest absolute Gasteiger partial charge is 0.314 e. The lowest BCUT2D eigenvalue weighted by molar-refractivity contribution is 0.173. The van der Waals surface area contributed by atoms with Crippen LogP contribution in [0.1, 0.15) is 22.8 Å². The molecule has 0 saturated carbocycles. The van der Waals surface area contributed by atoms with Gasteiger partial charge in [-0.15, -0.1) is 0 Å². The monoisotopic (exact) mass is 334 g/mol. The predicted molar refractivity (Wildman–Crippen MR) is 87.6 cm³/mol. The second-order valence-corrected chi connectivity index (χ2v) is 5.52. The lowest BCUT2D eigenvalue weighted by Crippen LogP contribution is -2.38. The Kier molecular flexibility index (Phi) is 6.26. The maximum absolute atomic E-state index is 13.0. The third kappa shape index (κ3) is 5.31. The van der Waals surface area contributed by atoms with E-state index in [-0.39, 0.29) is 18.2 Å². The SMILES string of the molecule is Cc1cc(F)ccc1CCNC(=O)NCC(O)c1ccc(F)cc1. The molecule has 0 aromatic heterocycles. The number of hydrogen-bond acceptors (Lipinski definition) is 2. The molecule has 2 rings (SSSR count). The van der Waals surface area contributed by atoms with Crippen molar-refractivity contribution < 1.29 is 18.7 Å². The molecule has 0 fully saturated rings. The van der Waals surface area contributed by atoms with Crippen molar-refractivity contribution in [3.63, 3.8) is 0 Å². The van der Waals surface area contributed by atoms with Crippen molar-refractivity contribution in [2.75, 3.05) is 13.1 Å². The van der Waals surface area contributed by atoms with E-state index in [1.165, 1.54) is 36.4 Å². The quantitative estimate of drug-likeness (QED) is 0.761. The van der Waals surface area contributed by atoms with Gasteiger partial charge < -0.3 is 15.7 Å². The second kappa shape index (κ2) is 8.40. The summed E-state index contributed by atoms with van der Waals surface area (Å²) in [7, 11) is 0. The van der Waals surface area contributed by atoms with Crippen LogP contribution in [0.2, 0.25) is 0 Å². The number of benzene rings is 2. The summed E-state index contributed by atoms with van der Waals surface area (Å²) < 4.78 is 25.8. The van der Waals surface area contributed by atoms with Crippen molar-refractivity contribution >= 4 is 6.03 Å². The molecule has 0 heterocycles. The second-order valence-electron chi connectivity index (χ2n) is 5.52. The maximum Gasteiger partial charge on any atom is 0.314 e. The summed E-state index contributed by atoms with van der Waals surface area (Å²) in [5.74, 6) is -0.663. The molecule has 128 valence electrons. The molecule has 2 aromatic rings. The Balaban J connectivity index is 1.72. The predicted octanol–water partition coefficient (Wildman–Crippen LogP) is 2.85. The van der Waals surface area contributed by atoms with E-state index in [1.54, 1.807) is 6.07 Å². The van der Waals surface area contributed by atoms with Crippen molar-refractivity contribution in [3.8, 4) is 0 Å². The Bertz CT molecular complexity index is 690. The minimum atomic E-state index is -0.907. The first-order chi connectivity index (χ1) is 11.5. The van der Waals surface area contributed by atoms with Crippen molar-refractivity contribution in [1.29, 1.82) is 0 Å². The number of amides is 2. The topological polar surface area (TPSA) is 61.4 Å². The molecule has 0 aliphatic heterocycles. The van der Waals surface area contributed by atoms with E-state index < -0.39 is 12.1 Å². The maximum atomic E-state index is 13.0. The molecular formula is C18H20F2N2O2. The highest BCUT2D eigenvalue weighted by atomic mass is 19.1. The van der Waals surface area contributed by atoms with Gasteiger partial charge in [0.1, 0.15) is 11.6 Å². The number of aliphatic hydroxyl groups excluding tert-OH is 1. The largest absolute Gasteiger partial charge is 0.387 e. The van der Waals surface area contributed by atoms with Crippen LogP contribution < -0.4 is 10.6 Å². The number of nitrogens with one attached hydrogen (secondary N) is 2. The summed E-state index contributed by atoms with van der Waals surface area (Å²) in [6.07, 6.45) is -0.323. The van der Waals surface area contributed by atoms with Crippen LogP contribution in [0.25, 0.3) is 0 Å². The first-order valence-electron chi connectivity index (χ1n) is 7.66. The van der Waals surface area contributed by atoms with Gasteiger partial charge in [0, 0.05) is 13.1 Å².